The highest BCUT2D eigenvalue weighted by Gasteiger charge is 2.20. The third-order valence-electron chi connectivity index (χ3n) is 2.63. The Balaban J connectivity index is 2.64. The number of hydrogen-bond acceptors (Lipinski definition) is 2. The quantitative estimate of drug-likeness (QED) is 0.800. The fourth-order valence-electron chi connectivity index (χ4n) is 1.78. The van der Waals surface area contributed by atoms with Gasteiger partial charge in [0.25, 0.3) is 0 Å². The molecule has 1 aromatic carbocycles. The zero-order chi connectivity index (χ0) is 15.9. The maximum atomic E-state index is 13.1. The first-order valence-electron chi connectivity index (χ1n) is 7.22. The summed E-state index contributed by atoms with van der Waals surface area (Å²) in [7, 11) is 0. The van der Waals surface area contributed by atoms with E-state index in [9.17, 15) is 9.18 Å². The van der Waals surface area contributed by atoms with Gasteiger partial charge in [-0.1, -0.05) is 31.2 Å². The van der Waals surface area contributed by atoms with E-state index in [1.807, 2.05) is 39.8 Å². The number of nitrogens with zero attached hydrogens (tertiary/aromatic N) is 1. The number of hydrogen-bond donors (Lipinski definition) is 0. The molecular weight excluding hydrogens is 269 g/mol. The summed E-state index contributed by atoms with van der Waals surface area (Å²) in [5.41, 5.74) is 0.269. The van der Waals surface area contributed by atoms with Gasteiger partial charge in [0.2, 0.25) is 0 Å². The third-order valence-corrected chi connectivity index (χ3v) is 2.63. The van der Waals surface area contributed by atoms with Crippen molar-refractivity contribution in [2.24, 2.45) is 0 Å². The van der Waals surface area contributed by atoms with Crippen LogP contribution in [0.4, 0.5) is 9.18 Å². The lowest BCUT2D eigenvalue weighted by Gasteiger charge is -2.26. The number of carbonyl (C=O) groups excluding carboxylic acids is 1. The van der Waals surface area contributed by atoms with E-state index in [0.717, 1.165) is 12.0 Å². The van der Waals surface area contributed by atoms with E-state index < -0.39 is 5.60 Å². The average molecular weight is 293 g/mol. The molecule has 0 fully saturated rings. The van der Waals surface area contributed by atoms with Crippen molar-refractivity contribution < 1.29 is 13.9 Å². The molecule has 1 rings (SSSR count). The molecule has 0 radical (unpaired) electrons. The molecule has 1 aromatic rings. The van der Waals surface area contributed by atoms with Crippen LogP contribution in [-0.2, 0) is 4.74 Å². The minimum Gasteiger partial charge on any atom is -0.444 e. The molecule has 0 bridgehead atoms. The summed E-state index contributed by atoms with van der Waals surface area (Å²) in [5.74, 6) is -0.269. The Hall–Kier alpha value is -1.84. The van der Waals surface area contributed by atoms with E-state index in [1.165, 1.54) is 12.1 Å². The van der Waals surface area contributed by atoms with Crippen LogP contribution >= 0.6 is 0 Å². The van der Waals surface area contributed by atoms with Crippen molar-refractivity contribution >= 4 is 12.2 Å². The number of halogens is 1. The predicted molar refractivity (Wildman–Crippen MR) is 83.5 cm³/mol. The van der Waals surface area contributed by atoms with Crippen LogP contribution < -0.4 is 0 Å². The van der Waals surface area contributed by atoms with Crippen LogP contribution in [0, 0.1) is 5.82 Å². The largest absolute Gasteiger partial charge is 0.444 e. The van der Waals surface area contributed by atoms with Crippen molar-refractivity contribution in [2.75, 3.05) is 13.1 Å². The first-order chi connectivity index (χ1) is 9.81. The van der Waals surface area contributed by atoms with Gasteiger partial charge < -0.3 is 9.64 Å². The molecule has 3 nitrogen and oxygen atoms in total. The molecule has 0 saturated heterocycles. The highest BCUT2D eigenvalue weighted by atomic mass is 19.1. The van der Waals surface area contributed by atoms with Gasteiger partial charge in [-0.15, -0.1) is 0 Å². The Labute approximate surface area is 126 Å². The highest BCUT2D eigenvalue weighted by Crippen LogP contribution is 2.11. The van der Waals surface area contributed by atoms with Gasteiger partial charge >= 0.3 is 6.09 Å². The first-order valence-corrected chi connectivity index (χ1v) is 7.22. The second-order valence-corrected chi connectivity index (χ2v) is 5.88. The van der Waals surface area contributed by atoms with Gasteiger partial charge in [0.1, 0.15) is 11.4 Å². The van der Waals surface area contributed by atoms with Gasteiger partial charge in [0.15, 0.2) is 0 Å². The SMILES string of the molecule is CCCN(C/C=C/c1cccc(F)c1)C(=O)OC(C)(C)C. The van der Waals surface area contributed by atoms with E-state index in [-0.39, 0.29) is 11.9 Å². The molecule has 0 spiro atoms. The maximum Gasteiger partial charge on any atom is 0.410 e. The van der Waals surface area contributed by atoms with Gasteiger partial charge in [-0.3, -0.25) is 0 Å². The molecule has 0 unspecified atom stereocenters. The van der Waals surface area contributed by atoms with Crippen molar-refractivity contribution in [1.29, 1.82) is 0 Å². The van der Waals surface area contributed by atoms with Gasteiger partial charge in [0.05, 0.1) is 0 Å². The van der Waals surface area contributed by atoms with E-state index in [1.54, 1.807) is 17.0 Å². The lowest BCUT2D eigenvalue weighted by atomic mass is 10.2. The molecule has 1 amide bonds. The van der Waals surface area contributed by atoms with Crippen LogP contribution in [0.3, 0.4) is 0 Å². The summed E-state index contributed by atoms with van der Waals surface area (Å²) in [5, 5.41) is 0. The van der Waals surface area contributed by atoms with Crippen molar-refractivity contribution in [2.45, 2.75) is 39.7 Å². The standard InChI is InChI=1S/C17H24FNO2/c1-5-11-19(16(20)21-17(2,3)4)12-7-9-14-8-6-10-15(18)13-14/h6-10,13H,5,11-12H2,1-4H3/b9-7+. The minimum atomic E-state index is -0.505. The van der Waals surface area contributed by atoms with Crippen LogP contribution in [-0.4, -0.2) is 29.7 Å². The summed E-state index contributed by atoms with van der Waals surface area (Å²) in [6.07, 6.45) is 4.17. The lowest BCUT2D eigenvalue weighted by molar-refractivity contribution is 0.0272. The smallest absolute Gasteiger partial charge is 0.410 e. The fraction of sp³-hybridized carbons (Fsp3) is 0.471. The van der Waals surface area contributed by atoms with Crippen LogP contribution in [0.1, 0.15) is 39.7 Å². The first kappa shape index (κ1) is 17.2. The Morgan fingerprint density at radius 1 is 1.38 bits per heavy atom. The number of amides is 1. The summed E-state index contributed by atoms with van der Waals surface area (Å²) in [6.45, 7) is 8.61. The number of ether oxygens (including phenoxy) is 1. The molecule has 0 aliphatic rings. The normalized spacial score (nSPS) is 11.7. The van der Waals surface area contributed by atoms with E-state index in [2.05, 4.69) is 0 Å². The highest BCUT2D eigenvalue weighted by molar-refractivity contribution is 5.68. The van der Waals surface area contributed by atoms with E-state index in [4.69, 9.17) is 4.74 Å². The molecular formula is C17H24FNO2. The van der Waals surface area contributed by atoms with E-state index >= 15 is 0 Å². The van der Waals surface area contributed by atoms with Gasteiger partial charge in [-0.2, -0.15) is 0 Å². The second kappa shape index (κ2) is 7.81. The second-order valence-electron chi connectivity index (χ2n) is 5.88. The lowest BCUT2D eigenvalue weighted by Crippen LogP contribution is -2.37. The number of benzene rings is 1. The van der Waals surface area contributed by atoms with Crippen LogP contribution in [0.2, 0.25) is 0 Å². The predicted octanol–water partition coefficient (Wildman–Crippen LogP) is 4.49. The van der Waals surface area contributed by atoms with Gasteiger partial charge in [-0.05, 0) is 44.9 Å². The van der Waals surface area contributed by atoms with Crippen molar-refractivity contribution in [3.05, 3.63) is 41.7 Å². The van der Waals surface area contributed by atoms with Gasteiger partial charge in [-0.25, -0.2) is 9.18 Å². The molecule has 0 aliphatic carbocycles. The summed E-state index contributed by atoms with van der Waals surface area (Å²) < 4.78 is 18.4. The monoisotopic (exact) mass is 293 g/mol. The van der Waals surface area contributed by atoms with Crippen LogP contribution in [0.5, 0.6) is 0 Å². The average Bonchev–Trinajstić information content (AvgIpc) is 2.35. The number of rotatable bonds is 5. The minimum absolute atomic E-state index is 0.269. The molecule has 0 heterocycles. The molecule has 116 valence electrons. The van der Waals surface area contributed by atoms with Gasteiger partial charge in [0, 0.05) is 13.1 Å². The summed E-state index contributed by atoms with van der Waals surface area (Å²) >= 11 is 0. The Morgan fingerprint density at radius 3 is 2.67 bits per heavy atom. The zero-order valence-corrected chi connectivity index (χ0v) is 13.2. The Kier molecular flexibility index (Phi) is 6.40. The fourth-order valence-corrected chi connectivity index (χ4v) is 1.78. The Bertz CT molecular complexity index is 492. The summed E-state index contributed by atoms with van der Waals surface area (Å²) in [6, 6.07) is 6.33. The van der Waals surface area contributed by atoms with Crippen LogP contribution in [0.15, 0.2) is 30.3 Å². The topological polar surface area (TPSA) is 29.5 Å². The molecule has 0 saturated carbocycles. The Morgan fingerprint density at radius 2 is 2.10 bits per heavy atom. The van der Waals surface area contributed by atoms with Crippen LogP contribution in [0.25, 0.3) is 6.08 Å². The van der Waals surface area contributed by atoms with Crippen molar-refractivity contribution in [3.8, 4) is 0 Å². The van der Waals surface area contributed by atoms with Crippen molar-refractivity contribution in [3.63, 3.8) is 0 Å². The number of carbonyl (C=O) groups is 1. The molecule has 0 aromatic heterocycles. The molecule has 0 atom stereocenters. The summed E-state index contributed by atoms with van der Waals surface area (Å²) in [4.78, 5) is 13.7. The molecule has 21 heavy (non-hydrogen) atoms. The molecule has 0 aliphatic heterocycles. The maximum absolute atomic E-state index is 13.1. The third kappa shape index (κ3) is 6.93. The molecule has 4 heteroatoms. The van der Waals surface area contributed by atoms with E-state index in [0.29, 0.717) is 13.1 Å². The van der Waals surface area contributed by atoms with Crippen molar-refractivity contribution in [1.82, 2.24) is 4.90 Å². The zero-order valence-electron chi connectivity index (χ0n) is 13.2. The molecule has 0 N–H and O–H groups in total.